The Labute approximate surface area is 266 Å². The van der Waals surface area contributed by atoms with Crippen LogP contribution in [0.25, 0.3) is 5.65 Å². The molecule has 1 N–H and O–H groups in total. The third-order valence-corrected chi connectivity index (χ3v) is 8.22. The number of benzene rings is 2. The van der Waals surface area contributed by atoms with E-state index in [0.29, 0.717) is 29.1 Å². The highest BCUT2D eigenvalue weighted by Crippen LogP contribution is 2.21. The zero-order valence-electron chi connectivity index (χ0n) is 25.5. The molecule has 3 aromatic heterocycles. The molecule has 0 aliphatic carbocycles. The number of hydrogen-bond donors (Lipinski definition) is 1. The number of rotatable bonds is 9. The molecule has 1 fully saturated rings. The van der Waals surface area contributed by atoms with Crippen LogP contribution in [-0.4, -0.2) is 73.2 Å². The molecule has 1 aliphatic heterocycles. The number of aromatic nitrogens is 4. The largest absolute Gasteiger partial charge is 0.481 e. The Morgan fingerprint density at radius 1 is 0.911 bits per heavy atom. The first-order valence-electron chi connectivity index (χ1n) is 14.9. The van der Waals surface area contributed by atoms with Crippen LogP contribution in [0.3, 0.4) is 0 Å². The number of aryl methyl sites for hydroxylation is 2. The van der Waals surface area contributed by atoms with Crippen LogP contribution in [0, 0.1) is 6.92 Å². The maximum atomic E-state index is 12.3. The lowest BCUT2D eigenvalue weighted by Gasteiger charge is -2.36. The second-order valence-electron chi connectivity index (χ2n) is 11.1. The third-order valence-electron chi connectivity index (χ3n) is 7.98. The molecule has 4 heterocycles. The summed E-state index contributed by atoms with van der Waals surface area (Å²) < 4.78 is 4.79. The van der Waals surface area contributed by atoms with Crippen LogP contribution >= 0.6 is 11.6 Å². The summed E-state index contributed by atoms with van der Waals surface area (Å²) in [4.78, 5) is 40.1. The second-order valence-corrected chi connectivity index (χ2v) is 11.6. The monoisotopic (exact) mass is 628 g/mol. The van der Waals surface area contributed by atoms with Gasteiger partial charge in [-0.05, 0) is 55.8 Å². The van der Waals surface area contributed by atoms with Gasteiger partial charge in [0.25, 0.3) is 0 Å². The first kappa shape index (κ1) is 31.7. The Bertz CT molecular complexity index is 1830. The molecule has 5 aromatic rings. The van der Waals surface area contributed by atoms with Crippen molar-refractivity contribution in [3.05, 3.63) is 123 Å². The van der Waals surface area contributed by atoms with Crippen molar-refractivity contribution in [3.8, 4) is 0 Å². The summed E-state index contributed by atoms with van der Waals surface area (Å²) in [6, 6.07) is 24.3. The number of aliphatic carboxylic acids is 1. The number of fused-ring (bicyclic) bond motifs is 1. The van der Waals surface area contributed by atoms with Gasteiger partial charge in [-0.1, -0.05) is 53.6 Å². The van der Waals surface area contributed by atoms with E-state index in [-0.39, 0.29) is 17.9 Å². The van der Waals surface area contributed by atoms with Gasteiger partial charge in [-0.25, -0.2) is 9.48 Å². The van der Waals surface area contributed by atoms with E-state index >= 15 is 0 Å². The van der Waals surface area contributed by atoms with E-state index in [1.54, 1.807) is 51.2 Å². The zero-order valence-corrected chi connectivity index (χ0v) is 26.2. The van der Waals surface area contributed by atoms with Gasteiger partial charge in [-0.3, -0.25) is 18.9 Å². The van der Waals surface area contributed by atoms with E-state index in [1.165, 1.54) is 5.69 Å². The molecule has 0 bridgehead atoms. The van der Waals surface area contributed by atoms with Gasteiger partial charge in [-0.15, -0.1) is 5.10 Å². The summed E-state index contributed by atoms with van der Waals surface area (Å²) in [7, 11) is 1.71. The van der Waals surface area contributed by atoms with E-state index in [1.807, 2.05) is 55.5 Å². The fourth-order valence-electron chi connectivity index (χ4n) is 5.43. The maximum absolute atomic E-state index is 12.3. The van der Waals surface area contributed by atoms with Crippen molar-refractivity contribution in [2.45, 2.75) is 26.3 Å². The lowest BCUT2D eigenvalue weighted by molar-refractivity contribution is -0.136. The Kier molecular flexibility index (Phi) is 10.2. The molecule has 10 nitrogen and oxygen atoms in total. The standard InChI is InChI=1S/C19H22ClN5O.C15H15NO3/c20-16-5-3-6-17(15-16)23-13-11-22(12-14-23)8-4-10-25-19(26)24-9-2-1-7-18(24)21-25;1-10-3-5-11(6-4-10)15(19)13-8-7-12(16(13)2)9-14(17)18/h1-3,5-7,9,15H,4,8,10-14H2;3-8H,9H2,1-2H3,(H,17,18). The highest BCUT2D eigenvalue weighted by molar-refractivity contribution is 6.30. The molecular formula is C34H37ClN6O4. The van der Waals surface area contributed by atoms with Gasteiger partial charge < -0.3 is 14.6 Å². The molecule has 234 valence electrons. The number of hydrogen-bond acceptors (Lipinski definition) is 6. The Morgan fingerprint density at radius 2 is 1.67 bits per heavy atom. The molecule has 1 aliphatic rings. The Hall–Kier alpha value is -4.67. The number of carbonyl (C=O) groups excluding carboxylic acids is 1. The SMILES string of the molecule is Cc1ccc(C(=O)c2ccc(CC(=O)O)n2C)cc1.O=c1n(CCCN2CCN(c3cccc(Cl)c3)CC2)nc2ccccn12. The number of halogens is 1. The summed E-state index contributed by atoms with van der Waals surface area (Å²) in [6.07, 6.45) is 2.59. The van der Waals surface area contributed by atoms with Crippen molar-refractivity contribution in [2.75, 3.05) is 37.6 Å². The van der Waals surface area contributed by atoms with E-state index in [2.05, 4.69) is 21.0 Å². The van der Waals surface area contributed by atoms with Gasteiger partial charge in [-0.2, -0.15) is 0 Å². The van der Waals surface area contributed by atoms with Gasteiger partial charge in [0.1, 0.15) is 0 Å². The predicted molar refractivity (Wildman–Crippen MR) is 176 cm³/mol. The fraction of sp³-hybridized carbons (Fsp3) is 0.294. The van der Waals surface area contributed by atoms with Crippen LogP contribution in [0.4, 0.5) is 5.69 Å². The number of carboxylic acid groups (broad SMARTS) is 1. The quantitative estimate of drug-likeness (QED) is 0.239. The van der Waals surface area contributed by atoms with Gasteiger partial charge in [0, 0.05) is 74.5 Å². The Morgan fingerprint density at radius 3 is 2.36 bits per heavy atom. The molecule has 0 amide bonds. The molecular weight excluding hydrogens is 592 g/mol. The molecule has 0 spiro atoms. The normalized spacial score (nSPS) is 13.4. The molecule has 2 aromatic carbocycles. The van der Waals surface area contributed by atoms with E-state index in [0.717, 1.165) is 49.7 Å². The third kappa shape index (κ3) is 7.89. The Balaban J connectivity index is 0.000000187. The second kappa shape index (κ2) is 14.4. The van der Waals surface area contributed by atoms with Crippen molar-refractivity contribution in [1.82, 2.24) is 23.6 Å². The first-order chi connectivity index (χ1) is 21.7. The lowest BCUT2D eigenvalue weighted by atomic mass is 10.1. The summed E-state index contributed by atoms with van der Waals surface area (Å²) in [5.41, 5.74) is 4.64. The molecule has 0 unspecified atom stereocenters. The molecule has 0 atom stereocenters. The maximum Gasteiger partial charge on any atom is 0.350 e. The minimum absolute atomic E-state index is 0.0635. The lowest BCUT2D eigenvalue weighted by Crippen LogP contribution is -2.46. The van der Waals surface area contributed by atoms with Crippen LogP contribution in [0.15, 0.2) is 89.9 Å². The van der Waals surface area contributed by atoms with E-state index in [4.69, 9.17) is 16.7 Å². The topological polar surface area (TPSA) is 105 Å². The number of piperazine rings is 1. The number of pyridine rings is 1. The highest BCUT2D eigenvalue weighted by atomic mass is 35.5. The van der Waals surface area contributed by atoms with E-state index in [9.17, 15) is 14.4 Å². The van der Waals surface area contributed by atoms with Gasteiger partial charge in [0.05, 0.1) is 12.1 Å². The van der Waals surface area contributed by atoms with Crippen LogP contribution in [0.1, 0.15) is 33.7 Å². The predicted octanol–water partition coefficient (Wildman–Crippen LogP) is 4.55. The molecule has 1 saturated heterocycles. The molecule has 11 heteroatoms. The summed E-state index contributed by atoms with van der Waals surface area (Å²) >= 11 is 6.09. The van der Waals surface area contributed by atoms with Crippen LogP contribution in [0.2, 0.25) is 5.02 Å². The molecule has 0 radical (unpaired) electrons. The van der Waals surface area contributed by atoms with Crippen molar-refractivity contribution < 1.29 is 14.7 Å². The molecule has 45 heavy (non-hydrogen) atoms. The summed E-state index contributed by atoms with van der Waals surface area (Å²) in [5, 5.41) is 14.0. The summed E-state index contributed by atoms with van der Waals surface area (Å²) in [6.45, 7) is 7.61. The first-order valence-corrected chi connectivity index (χ1v) is 15.3. The van der Waals surface area contributed by atoms with Crippen molar-refractivity contribution in [1.29, 1.82) is 0 Å². The molecule has 6 rings (SSSR count). The number of anilines is 1. The molecule has 0 saturated carbocycles. The van der Waals surface area contributed by atoms with Crippen molar-refractivity contribution in [3.63, 3.8) is 0 Å². The van der Waals surface area contributed by atoms with Gasteiger partial charge in [0.15, 0.2) is 5.65 Å². The average Bonchev–Trinajstić information content (AvgIpc) is 3.56. The minimum atomic E-state index is -0.907. The number of ketones is 1. The smallest absolute Gasteiger partial charge is 0.350 e. The van der Waals surface area contributed by atoms with Crippen molar-refractivity contribution in [2.24, 2.45) is 7.05 Å². The minimum Gasteiger partial charge on any atom is -0.481 e. The zero-order chi connectivity index (χ0) is 31.9. The fourth-order valence-corrected chi connectivity index (χ4v) is 5.61. The highest BCUT2D eigenvalue weighted by Gasteiger charge is 2.18. The number of nitrogens with zero attached hydrogens (tertiary/aromatic N) is 6. The van der Waals surface area contributed by atoms with E-state index < -0.39 is 5.97 Å². The van der Waals surface area contributed by atoms with Gasteiger partial charge in [0.2, 0.25) is 5.78 Å². The van der Waals surface area contributed by atoms with Crippen LogP contribution in [-0.2, 0) is 24.8 Å². The number of carboxylic acids is 1. The van der Waals surface area contributed by atoms with Crippen LogP contribution < -0.4 is 10.6 Å². The summed E-state index contributed by atoms with van der Waals surface area (Å²) in [5.74, 6) is -1.00. The van der Waals surface area contributed by atoms with Gasteiger partial charge >= 0.3 is 11.7 Å². The average molecular weight is 629 g/mol. The van der Waals surface area contributed by atoms with Crippen molar-refractivity contribution >= 4 is 34.7 Å². The number of carbonyl (C=O) groups is 2. The van der Waals surface area contributed by atoms with Crippen LogP contribution in [0.5, 0.6) is 0 Å².